The third-order valence-corrected chi connectivity index (χ3v) is 2.21. The predicted octanol–water partition coefficient (Wildman–Crippen LogP) is 1.24. The monoisotopic (exact) mass is 186 g/mol. The number of nitrogens with one attached hydrogen (secondary N) is 1. The van der Waals surface area contributed by atoms with E-state index >= 15 is 0 Å². The van der Waals surface area contributed by atoms with E-state index in [1.54, 1.807) is 6.92 Å². The number of likely N-dealkylation sites (N-methyl/N-ethyl adjacent to an activating group) is 1. The molecule has 0 aromatic rings. The summed E-state index contributed by atoms with van der Waals surface area (Å²) in [6.07, 6.45) is 3.59. The Morgan fingerprint density at radius 2 is 2.08 bits per heavy atom. The molecule has 0 radical (unpaired) electrons. The van der Waals surface area contributed by atoms with E-state index < -0.39 is 0 Å². The first-order valence-electron chi connectivity index (χ1n) is 4.98. The van der Waals surface area contributed by atoms with E-state index in [1.165, 1.54) is 12.8 Å². The molecule has 1 N–H and O–H groups in total. The Hall–Kier alpha value is -0.570. The quantitative estimate of drug-likeness (QED) is 0.677. The molecule has 0 heterocycles. The van der Waals surface area contributed by atoms with Crippen LogP contribution in [0.1, 0.15) is 33.1 Å². The van der Waals surface area contributed by atoms with E-state index in [4.69, 9.17) is 0 Å². The number of hydrogen-bond donors (Lipinski definition) is 1. The van der Waals surface area contributed by atoms with E-state index in [-0.39, 0.29) is 5.91 Å². The van der Waals surface area contributed by atoms with Gasteiger partial charge in [-0.2, -0.15) is 0 Å². The van der Waals surface area contributed by atoms with Gasteiger partial charge in [0.2, 0.25) is 5.91 Å². The normalized spacial score (nSPS) is 13.0. The molecule has 0 rings (SSSR count). The summed E-state index contributed by atoms with van der Waals surface area (Å²) in [6.45, 7) is 4.51. The Kier molecular flexibility index (Phi) is 6.59. The van der Waals surface area contributed by atoms with Crippen LogP contribution in [-0.2, 0) is 4.79 Å². The molecule has 0 aliphatic heterocycles. The molecule has 0 aliphatic carbocycles. The fourth-order valence-corrected chi connectivity index (χ4v) is 1.24. The van der Waals surface area contributed by atoms with Gasteiger partial charge in [-0.05, 0) is 20.5 Å². The standard InChI is InChI=1S/C10H22N2O/c1-5-6-7-10(12(3)4)8-11-9(2)13/h10H,5-8H2,1-4H3,(H,11,13). The van der Waals surface area contributed by atoms with Crippen molar-refractivity contribution in [2.75, 3.05) is 20.6 Å². The number of hydrogen-bond acceptors (Lipinski definition) is 2. The Bertz CT molecular complexity index is 146. The van der Waals surface area contributed by atoms with Crippen molar-refractivity contribution in [3.63, 3.8) is 0 Å². The first kappa shape index (κ1) is 12.4. The third kappa shape index (κ3) is 6.58. The molecule has 3 heteroatoms. The Morgan fingerprint density at radius 1 is 1.46 bits per heavy atom. The lowest BCUT2D eigenvalue weighted by molar-refractivity contribution is -0.119. The lowest BCUT2D eigenvalue weighted by Crippen LogP contribution is -2.39. The van der Waals surface area contributed by atoms with Crippen LogP contribution in [0.5, 0.6) is 0 Å². The maximum atomic E-state index is 10.7. The summed E-state index contributed by atoms with van der Waals surface area (Å²) in [7, 11) is 4.12. The van der Waals surface area contributed by atoms with Crippen LogP contribution < -0.4 is 5.32 Å². The Morgan fingerprint density at radius 3 is 2.46 bits per heavy atom. The smallest absolute Gasteiger partial charge is 0.216 e. The molecule has 3 nitrogen and oxygen atoms in total. The summed E-state index contributed by atoms with van der Waals surface area (Å²) in [5.41, 5.74) is 0. The van der Waals surface area contributed by atoms with Gasteiger partial charge in [-0.25, -0.2) is 0 Å². The van der Waals surface area contributed by atoms with Crippen molar-refractivity contribution < 1.29 is 4.79 Å². The second-order valence-corrected chi connectivity index (χ2v) is 3.70. The Balaban J connectivity index is 3.73. The van der Waals surface area contributed by atoms with Crippen LogP contribution in [0.15, 0.2) is 0 Å². The molecular weight excluding hydrogens is 164 g/mol. The molecular formula is C10H22N2O. The molecule has 1 unspecified atom stereocenters. The lowest BCUT2D eigenvalue weighted by Gasteiger charge is -2.24. The number of carbonyl (C=O) groups is 1. The van der Waals surface area contributed by atoms with E-state index in [1.807, 2.05) is 0 Å². The van der Waals surface area contributed by atoms with Crippen LogP contribution in [0, 0.1) is 0 Å². The second kappa shape index (κ2) is 6.89. The molecule has 0 saturated heterocycles. The third-order valence-electron chi connectivity index (χ3n) is 2.21. The van der Waals surface area contributed by atoms with Crippen LogP contribution in [0.4, 0.5) is 0 Å². The van der Waals surface area contributed by atoms with Gasteiger partial charge in [-0.3, -0.25) is 4.79 Å². The van der Waals surface area contributed by atoms with Crippen molar-refractivity contribution in [1.29, 1.82) is 0 Å². The van der Waals surface area contributed by atoms with Crippen molar-refractivity contribution >= 4 is 5.91 Å². The first-order chi connectivity index (χ1) is 6.07. The highest BCUT2D eigenvalue weighted by Crippen LogP contribution is 2.04. The van der Waals surface area contributed by atoms with Gasteiger partial charge in [0.25, 0.3) is 0 Å². The highest BCUT2D eigenvalue weighted by Gasteiger charge is 2.10. The lowest BCUT2D eigenvalue weighted by atomic mass is 10.1. The number of nitrogens with zero attached hydrogens (tertiary/aromatic N) is 1. The van der Waals surface area contributed by atoms with E-state index in [0.29, 0.717) is 6.04 Å². The van der Waals surface area contributed by atoms with Crippen LogP contribution >= 0.6 is 0 Å². The molecule has 0 saturated carbocycles. The summed E-state index contributed by atoms with van der Waals surface area (Å²) in [6, 6.07) is 0.476. The topological polar surface area (TPSA) is 32.3 Å². The summed E-state index contributed by atoms with van der Waals surface area (Å²) in [5, 5.41) is 2.86. The summed E-state index contributed by atoms with van der Waals surface area (Å²) in [4.78, 5) is 12.9. The van der Waals surface area contributed by atoms with Crippen molar-refractivity contribution in [3.05, 3.63) is 0 Å². The molecule has 0 spiro atoms. The largest absolute Gasteiger partial charge is 0.355 e. The first-order valence-corrected chi connectivity index (χ1v) is 4.98. The number of carbonyl (C=O) groups excluding carboxylic acids is 1. The predicted molar refractivity (Wildman–Crippen MR) is 55.7 cm³/mol. The van der Waals surface area contributed by atoms with Crippen LogP contribution in [-0.4, -0.2) is 37.5 Å². The van der Waals surface area contributed by atoms with Crippen molar-refractivity contribution in [2.24, 2.45) is 0 Å². The van der Waals surface area contributed by atoms with Crippen LogP contribution in [0.3, 0.4) is 0 Å². The summed E-state index contributed by atoms with van der Waals surface area (Å²) < 4.78 is 0. The summed E-state index contributed by atoms with van der Waals surface area (Å²) in [5.74, 6) is 0.0587. The SMILES string of the molecule is CCCCC(CNC(C)=O)N(C)C. The molecule has 0 aromatic carbocycles. The minimum atomic E-state index is 0.0587. The average molecular weight is 186 g/mol. The van der Waals surface area contributed by atoms with Gasteiger partial charge in [-0.1, -0.05) is 19.8 Å². The van der Waals surface area contributed by atoms with Gasteiger partial charge in [0.05, 0.1) is 0 Å². The van der Waals surface area contributed by atoms with Crippen molar-refractivity contribution in [3.8, 4) is 0 Å². The van der Waals surface area contributed by atoms with Gasteiger partial charge < -0.3 is 10.2 Å². The second-order valence-electron chi connectivity index (χ2n) is 3.70. The van der Waals surface area contributed by atoms with Crippen LogP contribution in [0.25, 0.3) is 0 Å². The van der Waals surface area contributed by atoms with Gasteiger partial charge >= 0.3 is 0 Å². The van der Waals surface area contributed by atoms with Gasteiger partial charge in [0, 0.05) is 19.5 Å². The molecule has 0 bridgehead atoms. The molecule has 78 valence electrons. The summed E-state index contributed by atoms with van der Waals surface area (Å²) >= 11 is 0. The van der Waals surface area contributed by atoms with Crippen molar-refractivity contribution in [1.82, 2.24) is 10.2 Å². The highest BCUT2D eigenvalue weighted by molar-refractivity contribution is 5.72. The van der Waals surface area contributed by atoms with Gasteiger partial charge in [-0.15, -0.1) is 0 Å². The molecule has 1 amide bonds. The number of rotatable bonds is 6. The zero-order chi connectivity index (χ0) is 10.3. The fraction of sp³-hybridized carbons (Fsp3) is 0.900. The highest BCUT2D eigenvalue weighted by atomic mass is 16.1. The van der Waals surface area contributed by atoms with Crippen molar-refractivity contribution in [2.45, 2.75) is 39.2 Å². The minimum Gasteiger partial charge on any atom is -0.355 e. The maximum absolute atomic E-state index is 10.7. The zero-order valence-corrected chi connectivity index (χ0v) is 9.26. The molecule has 1 atom stereocenters. The maximum Gasteiger partial charge on any atom is 0.216 e. The zero-order valence-electron chi connectivity index (χ0n) is 9.26. The molecule has 0 aromatic heterocycles. The fourth-order valence-electron chi connectivity index (χ4n) is 1.24. The van der Waals surface area contributed by atoms with Crippen LogP contribution in [0.2, 0.25) is 0 Å². The minimum absolute atomic E-state index is 0.0587. The molecule has 13 heavy (non-hydrogen) atoms. The molecule has 0 aliphatic rings. The Labute approximate surface area is 81.5 Å². The van der Waals surface area contributed by atoms with Gasteiger partial charge in [0.15, 0.2) is 0 Å². The average Bonchev–Trinajstić information content (AvgIpc) is 2.03. The van der Waals surface area contributed by atoms with Gasteiger partial charge in [0.1, 0.15) is 0 Å². The van der Waals surface area contributed by atoms with E-state index in [9.17, 15) is 4.79 Å². The van der Waals surface area contributed by atoms with E-state index in [2.05, 4.69) is 31.2 Å². The number of unbranched alkanes of at least 4 members (excludes halogenated alkanes) is 1. The number of amides is 1. The molecule has 0 fully saturated rings. The van der Waals surface area contributed by atoms with E-state index in [0.717, 1.165) is 13.0 Å².